The summed E-state index contributed by atoms with van der Waals surface area (Å²) in [4.78, 5) is 25.2. The minimum absolute atomic E-state index is 0.189. The molecule has 4 aromatic rings. The van der Waals surface area contributed by atoms with Crippen LogP contribution < -0.4 is 10.6 Å². The van der Waals surface area contributed by atoms with Crippen LogP contribution in [0.5, 0.6) is 0 Å². The van der Waals surface area contributed by atoms with Crippen LogP contribution in [0.25, 0.3) is 0 Å². The molecule has 0 spiro atoms. The number of rotatable bonds is 6. The van der Waals surface area contributed by atoms with Crippen molar-refractivity contribution in [2.75, 3.05) is 12.4 Å². The van der Waals surface area contributed by atoms with E-state index < -0.39 is 0 Å². The van der Waals surface area contributed by atoms with Crippen molar-refractivity contribution in [1.82, 2.24) is 20.3 Å². The van der Waals surface area contributed by atoms with Gasteiger partial charge in [-0.2, -0.15) is 0 Å². The van der Waals surface area contributed by atoms with Gasteiger partial charge < -0.3 is 5.32 Å². The van der Waals surface area contributed by atoms with E-state index in [0.717, 1.165) is 22.4 Å². The highest BCUT2D eigenvalue weighted by molar-refractivity contribution is 5.87. The van der Waals surface area contributed by atoms with E-state index in [1.54, 1.807) is 37.6 Å². The summed E-state index contributed by atoms with van der Waals surface area (Å²) < 4.78 is 13.8. The van der Waals surface area contributed by atoms with Crippen molar-refractivity contribution in [3.05, 3.63) is 120 Å². The number of carbonyl (C=O) groups is 1. The van der Waals surface area contributed by atoms with Gasteiger partial charge in [-0.15, -0.1) is 0 Å². The highest BCUT2D eigenvalue weighted by atomic mass is 19.1. The van der Waals surface area contributed by atoms with Gasteiger partial charge in [-0.1, -0.05) is 30.3 Å². The molecule has 7 heteroatoms. The number of hydrogen-bond acceptors (Lipinski definition) is 4. The van der Waals surface area contributed by atoms with Crippen LogP contribution in [0, 0.1) is 5.82 Å². The van der Waals surface area contributed by atoms with Crippen molar-refractivity contribution in [3.8, 4) is 0 Å². The summed E-state index contributed by atoms with van der Waals surface area (Å²) in [7, 11) is 1.54. The van der Waals surface area contributed by atoms with Gasteiger partial charge >= 0.3 is 6.03 Å². The fraction of sp³-hybridized carbons (Fsp3) is 0.120. The third-order valence-corrected chi connectivity index (χ3v) is 5.21. The number of anilines is 1. The smallest absolute Gasteiger partial charge is 0.320 e. The van der Waals surface area contributed by atoms with Crippen LogP contribution in [-0.4, -0.2) is 28.0 Å². The third-order valence-electron chi connectivity index (χ3n) is 5.21. The van der Waals surface area contributed by atoms with Gasteiger partial charge in [0.25, 0.3) is 0 Å². The van der Waals surface area contributed by atoms with Crippen LogP contribution in [-0.2, 0) is 0 Å². The molecule has 2 N–H and O–H groups in total. The first-order valence-electron chi connectivity index (χ1n) is 10.2. The second kappa shape index (κ2) is 9.78. The molecule has 2 amide bonds. The number of nitrogens with zero attached hydrogens (tertiary/aromatic N) is 3. The summed E-state index contributed by atoms with van der Waals surface area (Å²) in [6, 6.07) is 19.3. The van der Waals surface area contributed by atoms with Gasteiger partial charge in [0.05, 0.1) is 5.69 Å². The standard InChI is InChI=1S/C25H22FN5O/c1-27-25(32)31-22-8-2-7-21(30-22)24(17-9-11-20(26)12-10-17)23(18-5-3-13-28-15-18)19-6-4-14-29-16-19/h2-16,23-24H,1H3,(H2,27,30,31,32). The lowest BCUT2D eigenvalue weighted by Crippen LogP contribution is -2.25. The molecular formula is C25H22FN5O. The molecule has 0 radical (unpaired) electrons. The van der Waals surface area contributed by atoms with E-state index in [-0.39, 0.29) is 23.7 Å². The van der Waals surface area contributed by atoms with Crippen molar-refractivity contribution in [1.29, 1.82) is 0 Å². The Bertz CT molecular complexity index is 1130. The number of urea groups is 1. The molecule has 160 valence electrons. The number of halogens is 1. The normalized spacial score (nSPS) is 11.7. The van der Waals surface area contributed by atoms with Gasteiger partial charge in [-0.05, 0) is 53.1 Å². The fourth-order valence-electron chi connectivity index (χ4n) is 3.77. The Morgan fingerprint density at radius 3 is 2.03 bits per heavy atom. The van der Waals surface area contributed by atoms with E-state index in [4.69, 9.17) is 4.98 Å². The van der Waals surface area contributed by atoms with Crippen LogP contribution >= 0.6 is 0 Å². The van der Waals surface area contributed by atoms with Crippen molar-refractivity contribution in [2.45, 2.75) is 11.8 Å². The summed E-state index contributed by atoms with van der Waals surface area (Å²) in [6.45, 7) is 0. The Balaban J connectivity index is 1.89. The number of benzene rings is 1. The molecule has 0 aliphatic heterocycles. The highest BCUT2D eigenvalue weighted by Crippen LogP contribution is 2.42. The first-order valence-corrected chi connectivity index (χ1v) is 10.2. The lowest BCUT2D eigenvalue weighted by Gasteiger charge is -2.28. The molecule has 0 saturated heterocycles. The Labute approximate surface area is 185 Å². The Kier molecular flexibility index (Phi) is 6.46. The molecule has 0 aliphatic carbocycles. The van der Waals surface area contributed by atoms with Crippen molar-refractivity contribution >= 4 is 11.8 Å². The molecule has 1 atom stereocenters. The maximum absolute atomic E-state index is 13.8. The van der Waals surface area contributed by atoms with Gasteiger partial charge in [0.1, 0.15) is 11.6 Å². The predicted molar refractivity (Wildman–Crippen MR) is 121 cm³/mol. The average molecular weight is 427 g/mol. The fourth-order valence-corrected chi connectivity index (χ4v) is 3.77. The topological polar surface area (TPSA) is 79.8 Å². The van der Waals surface area contributed by atoms with Crippen LogP contribution in [0.4, 0.5) is 15.0 Å². The monoisotopic (exact) mass is 427 g/mol. The second-order valence-corrected chi connectivity index (χ2v) is 7.23. The zero-order valence-corrected chi connectivity index (χ0v) is 17.4. The van der Waals surface area contributed by atoms with Crippen LogP contribution in [0.3, 0.4) is 0 Å². The molecular weight excluding hydrogens is 405 g/mol. The number of pyridine rings is 3. The highest BCUT2D eigenvalue weighted by Gasteiger charge is 2.30. The minimum atomic E-state index is -0.357. The maximum Gasteiger partial charge on any atom is 0.320 e. The lowest BCUT2D eigenvalue weighted by molar-refractivity contribution is 0.254. The number of amides is 2. The van der Waals surface area contributed by atoms with Crippen LogP contribution in [0.1, 0.15) is 34.2 Å². The zero-order valence-electron chi connectivity index (χ0n) is 17.4. The van der Waals surface area contributed by atoms with E-state index in [9.17, 15) is 9.18 Å². The molecule has 4 rings (SSSR count). The summed E-state index contributed by atoms with van der Waals surface area (Å²) in [5, 5.41) is 5.25. The summed E-state index contributed by atoms with van der Waals surface area (Å²) in [6.07, 6.45) is 7.09. The van der Waals surface area contributed by atoms with Crippen LogP contribution in [0.15, 0.2) is 91.5 Å². The minimum Gasteiger partial charge on any atom is -0.341 e. The SMILES string of the molecule is CNC(=O)Nc1cccc(C(c2ccc(F)cc2)C(c2cccnc2)c2cccnc2)n1. The maximum atomic E-state index is 13.8. The van der Waals surface area contributed by atoms with E-state index >= 15 is 0 Å². The average Bonchev–Trinajstić information content (AvgIpc) is 2.84. The number of nitrogens with one attached hydrogen (secondary N) is 2. The Morgan fingerprint density at radius 2 is 1.47 bits per heavy atom. The van der Waals surface area contributed by atoms with Crippen molar-refractivity contribution < 1.29 is 9.18 Å². The molecule has 6 nitrogen and oxygen atoms in total. The van der Waals surface area contributed by atoms with E-state index in [1.165, 1.54) is 12.1 Å². The lowest BCUT2D eigenvalue weighted by atomic mass is 9.76. The van der Waals surface area contributed by atoms with Gasteiger partial charge in [-0.25, -0.2) is 14.2 Å². The largest absolute Gasteiger partial charge is 0.341 e. The van der Waals surface area contributed by atoms with Crippen molar-refractivity contribution in [2.24, 2.45) is 0 Å². The summed E-state index contributed by atoms with van der Waals surface area (Å²) >= 11 is 0. The van der Waals surface area contributed by atoms with E-state index in [1.807, 2.05) is 48.8 Å². The van der Waals surface area contributed by atoms with Gasteiger partial charge in [0.2, 0.25) is 0 Å². The van der Waals surface area contributed by atoms with Gasteiger partial charge in [-0.3, -0.25) is 15.3 Å². The van der Waals surface area contributed by atoms with Gasteiger partial charge in [0, 0.05) is 43.7 Å². The van der Waals surface area contributed by atoms with E-state index in [2.05, 4.69) is 20.6 Å². The molecule has 0 fully saturated rings. The molecule has 0 aliphatic rings. The van der Waals surface area contributed by atoms with E-state index in [0.29, 0.717) is 5.82 Å². The quantitative estimate of drug-likeness (QED) is 0.466. The Hall–Kier alpha value is -4.13. The zero-order chi connectivity index (χ0) is 22.3. The van der Waals surface area contributed by atoms with Crippen molar-refractivity contribution in [3.63, 3.8) is 0 Å². The van der Waals surface area contributed by atoms with Crippen LogP contribution in [0.2, 0.25) is 0 Å². The third kappa shape index (κ3) is 4.78. The molecule has 3 aromatic heterocycles. The second-order valence-electron chi connectivity index (χ2n) is 7.23. The first kappa shape index (κ1) is 21.1. The number of carbonyl (C=O) groups excluding carboxylic acids is 1. The first-order chi connectivity index (χ1) is 15.7. The summed E-state index contributed by atoms with van der Waals surface area (Å²) in [5.74, 6) is -0.360. The molecule has 0 bridgehead atoms. The Morgan fingerprint density at radius 1 is 0.812 bits per heavy atom. The molecule has 0 saturated carbocycles. The number of aromatic nitrogens is 3. The molecule has 32 heavy (non-hydrogen) atoms. The number of hydrogen-bond donors (Lipinski definition) is 2. The molecule has 1 unspecified atom stereocenters. The molecule has 1 aromatic carbocycles. The predicted octanol–water partition coefficient (Wildman–Crippen LogP) is 4.73. The molecule has 3 heterocycles. The van der Waals surface area contributed by atoms with Gasteiger partial charge in [0.15, 0.2) is 0 Å². The summed E-state index contributed by atoms with van der Waals surface area (Å²) in [5.41, 5.74) is 3.56.